The number of ether oxygens (including phenoxy) is 1. The molecule has 3 aromatic carbocycles. The number of aromatic amines is 1. The van der Waals surface area contributed by atoms with Crippen LogP contribution in [0.4, 0.5) is 11.8 Å². The van der Waals surface area contributed by atoms with Gasteiger partial charge in [-0.05, 0) is 45.9 Å². The van der Waals surface area contributed by atoms with Crippen molar-refractivity contribution in [2.45, 2.75) is 71.4 Å². The molecule has 0 aliphatic heterocycles. The van der Waals surface area contributed by atoms with E-state index in [-0.39, 0.29) is 17.0 Å². The van der Waals surface area contributed by atoms with Gasteiger partial charge in [-0.3, -0.25) is 0 Å². The molecule has 0 saturated heterocycles. The maximum absolute atomic E-state index is 7.34. The third kappa shape index (κ3) is 7.69. The Morgan fingerprint density at radius 1 is 0.936 bits per heavy atom. The van der Waals surface area contributed by atoms with E-state index < -0.39 is 8.32 Å². The zero-order valence-corrected chi connectivity index (χ0v) is 29.2. The number of H-pyrrole nitrogens is 1. The largest absolute Gasteiger partial charge is 0.496 e. The summed E-state index contributed by atoms with van der Waals surface area (Å²) in [5.74, 6) is 2.35. The van der Waals surface area contributed by atoms with Gasteiger partial charge in [-0.2, -0.15) is 10.2 Å². The van der Waals surface area contributed by atoms with Crippen LogP contribution in [0.1, 0.15) is 68.7 Å². The van der Waals surface area contributed by atoms with Crippen molar-refractivity contribution in [1.82, 2.24) is 30.6 Å². The van der Waals surface area contributed by atoms with Gasteiger partial charge >= 0.3 is 0 Å². The molecule has 11 heteroatoms. The average Bonchev–Trinajstić information content (AvgIpc) is 3.56. The number of nitrogens with two attached hydrogens (primary N) is 1. The fourth-order valence-corrected chi connectivity index (χ4v) is 11.0. The predicted octanol–water partition coefficient (Wildman–Crippen LogP) is 5.23. The minimum absolute atomic E-state index is 0.0134. The van der Waals surface area contributed by atoms with Gasteiger partial charge in [0, 0.05) is 30.1 Å². The summed E-state index contributed by atoms with van der Waals surface area (Å²) in [4.78, 5) is 9.29. The molecule has 10 nitrogen and oxygen atoms in total. The predicted molar refractivity (Wildman–Crippen MR) is 190 cm³/mol. The molecule has 0 radical (unpaired) electrons. The Morgan fingerprint density at radius 3 is 2.19 bits per heavy atom. The first-order valence-corrected chi connectivity index (χ1v) is 18.1. The Balaban J connectivity index is 1.48. The number of nitrogen functional groups attached to an aromatic ring is 1. The first-order chi connectivity index (χ1) is 22.6. The number of benzene rings is 3. The van der Waals surface area contributed by atoms with Crippen LogP contribution in [0.25, 0.3) is 0 Å². The molecule has 0 aliphatic carbocycles. The van der Waals surface area contributed by atoms with E-state index in [1.165, 1.54) is 10.4 Å². The SMILES string of the molecule is CCCC(CO[Si](c1ccccc1)(c1ccccc1)C(C)(C)C)Nc1nc(N)nc(C)c1Cc1cc(Cc2nn[nH]n2)ccc1OC. The zero-order chi connectivity index (χ0) is 33.4. The highest BCUT2D eigenvalue weighted by Crippen LogP contribution is 2.37. The van der Waals surface area contributed by atoms with Gasteiger partial charge in [0.2, 0.25) is 5.95 Å². The molecule has 0 aliphatic rings. The molecule has 1 atom stereocenters. The van der Waals surface area contributed by atoms with Crippen molar-refractivity contribution in [1.29, 1.82) is 0 Å². The molecular weight excluding hydrogens is 605 g/mol. The van der Waals surface area contributed by atoms with E-state index >= 15 is 0 Å². The van der Waals surface area contributed by atoms with E-state index in [0.717, 1.165) is 41.0 Å². The van der Waals surface area contributed by atoms with Crippen LogP contribution in [0.5, 0.6) is 5.75 Å². The molecule has 0 spiro atoms. The van der Waals surface area contributed by atoms with Gasteiger partial charge in [0.15, 0.2) is 5.82 Å². The summed E-state index contributed by atoms with van der Waals surface area (Å²) in [6.07, 6.45) is 2.97. The summed E-state index contributed by atoms with van der Waals surface area (Å²) < 4.78 is 13.1. The molecule has 0 fully saturated rings. The molecule has 5 rings (SSSR count). The van der Waals surface area contributed by atoms with Crippen LogP contribution in [-0.2, 0) is 17.3 Å². The third-order valence-electron chi connectivity index (χ3n) is 8.59. The fraction of sp³-hybridized carbons (Fsp3) is 0.361. The number of hydrogen-bond donors (Lipinski definition) is 3. The normalized spacial score (nSPS) is 12.6. The molecule has 246 valence electrons. The third-order valence-corrected chi connectivity index (χ3v) is 13.6. The molecule has 2 heterocycles. The van der Waals surface area contributed by atoms with Crippen LogP contribution in [0, 0.1) is 6.92 Å². The second kappa shape index (κ2) is 14.9. The zero-order valence-electron chi connectivity index (χ0n) is 28.2. The summed E-state index contributed by atoms with van der Waals surface area (Å²) in [5, 5.41) is 20.6. The van der Waals surface area contributed by atoms with Crippen molar-refractivity contribution in [2.24, 2.45) is 0 Å². The van der Waals surface area contributed by atoms with Crippen molar-refractivity contribution in [3.05, 3.63) is 107 Å². The van der Waals surface area contributed by atoms with Gasteiger partial charge in [-0.1, -0.05) is 112 Å². The lowest BCUT2D eigenvalue weighted by atomic mass is 9.99. The Kier molecular flexibility index (Phi) is 10.7. The van der Waals surface area contributed by atoms with Crippen LogP contribution in [-0.4, -0.2) is 58.7 Å². The number of anilines is 2. The summed E-state index contributed by atoms with van der Waals surface area (Å²) >= 11 is 0. The molecule has 1 unspecified atom stereocenters. The van der Waals surface area contributed by atoms with Crippen molar-refractivity contribution in [2.75, 3.05) is 24.8 Å². The lowest BCUT2D eigenvalue weighted by Gasteiger charge is -2.43. The summed E-state index contributed by atoms with van der Waals surface area (Å²) in [6.45, 7) is 11.6. The highest BCUT2D eigenvalue weighted by Gasteiger charge is 2.50. The molecule has 5 aromatic rings. The first kappa shape index (κ1) is 33.7. The van der Waals surface area contributed by atoms with Crippen LogP contribution in [0.2, 0.25) is 5.04 Å². The minimum atomic E-state index is -2.73. The van der Waals surface area contributed by atoms with Crippen molar-refractivity contribution >= 4 is 30.5 Å². The summed E-state index contributed by atoms with van der Waals surface area (Å²) in [7, 11) is -1.05. The van der Waals surface area contributed by atoms with E-state index in [4.69, 9.17) is 19.9 Å². The number of methoxy groups -OCH3 is 1. The van der Waals surface area contributed by atoms with Crippen LogP contribution in [0.3, 0.4) is 0 Å². The number of nitrogens with zero attached hydrogens (tertiary/aromatic N) is 5. The van der Waals surface area contributed by atoms with Gasteiger partial charge in [-0.25, -0.2) is 4.98 Å². The number of aromatic nitrogens is 6. The molecule has 4 N–H and O–H groups in total. The number of tetrazole rings is 1. The Morgan fingerprint density at radius 2 is 1.62 bits per heavy atom. The minimum Gasteiger partial charge on any atom is -0.496 e. The van der Waals surface area contributed by atoms with Crippen molar-refractivity contribution in [3.8, 4) is 5.75 Å². The van der Waals surface area contributed by atoms with Gasteiger partial charge < -0.3 is 20.2 Å². The Hall–Kier alpha value is -4.61. The number of hydrogen-bond acceptors (Lipinski definition) is 9. The topological polar surface area (TPSA) is 137 Å². The maximum atomic E-state index is 7.34. The van der Waals surface area contributed by atoms with Gasteiger partial charge in [-0.15, -0.1) is 10.2 Å². The smallest absolute Gasteiger partial charge is 0.261 e. The van der Waals surface area contributed by atoms with E-state index in [1.54, 1.807) is 7.11 Å². The summed E-state index contributed by atoms with van der Waals surface area (Å²) in [6, 6.07) is 27.6. The number of nitrogens with one attached hydrogen (secondary N) is 2. The van der Waals surface area contributed by atoms with Crippen molar-refractivity contribution in [3.63, 3.8) is 0 Å². The first-order valence-electron chi connectivity index (χ1n) is 16.2. The molecule has 0 bridgehead atoms. The maximum Gasteiger partial charge on any atom is 0.261 e. The van der Waals surface area contributed by atoms with Gasteiger partial charge in [0.1, 0.15) is 11.6 Å². The fourth-order valence-electron chi connectivity index (χ4n) is 6.39. The lowest BCUT2D eigenvalue weighted by Crippen LogP contribution is -2.67. The quantitative estimate of drug-likeness (QED) is 0.138. The second-order valence-corrected chi connectivity index (χ2v) is 17.2. The highest BCUT2D eigenvalue weighted by atomic mass is 28.4. The van der Waals surface area contributed by atoms with E-state index in [9.17, 15) is 0 Å². The molecule has 2 aromatic heterocycles. The standard InChI is InChI=1S/C36H46N8O2Si/c1-7-14-28(24-46-47(36(3,4)5,29-15-10-8-11-16-29)30-17-12-9-13-18-30)39-34-31(25(2)38-35(37)40-34)23-27-21-26(19-20-32(27)45-6)22-33-41-43-44-42-33/h8-13,15-21,28H,7,14,22-24H2,1-6H3,(H3,37,38,39,40)(H,41,42,43,44). The highest BCUT2D eigenvalue weighted by molar-refractivity contribution is 6.99. The molecular formula is C36H46N8O2Si. The van der Waals surface area contributed by atoms with E-state index in [0.29, 0.717) is 31.1 Å². The van der Waals surface area contributed by atoms with E-state index in [1.807, 2.05) is 19.1 Å². The Labute approximate surface area is 278 Å². The van der Waals surface area contributed by atoms with Gasteiger partial charge in [0.25, 0.3) is 8.32 Å². The van der Waals surface area contributed by atoms with Crippen LogP contribution in [0.15, 0.2) is 78.9 Å². The Bertz CT molecular complexity index is 1690. The number of aryl methyl sites for hydroxylation is 1. The van der Waals surface area contributed by atoms with Gasteiger partial charge in [0.05, 0.1) is 13.7 Å². The number of rotatable bonds is 14. The van der Waals surface area contributed by atoms with E-state index in [2.05, 4.69) is 125 Å². The lowest BCUT2D eigenvalue weighted by molar-refractivity contribution is 0.273. The molecule has 47 heavy (non-hydrogen) atoms. The monoisotopic (exact) mass is 650 g/mol. The van der Waals surface area contributed by atoms with Crippen LogP contribution < -0.4 is 26.2 Å². The molecule has 0 amide bonds. The molecule has 0 saturated carbocycles. The second-order valence-electron chi connectivity index (χ2n) is 12.9. The van der Waals surface area contributed by atoms with Crippen molar-refractivity contribution < 1.29 is 9.16 Å². The summed E-state index contributed by atoms with van der Waals surface area (Å²) in [5.41, 5.74) is 10.1. The average molecular weight is 651 g/mol. The van der Waals surface area contributed by atoms with Crippen LogP contribution >= 0.6 is 0 Å².